The van der Waals surface area contributed by atoms with Gasteiger partial charge in [-0.1, -0.05) is 0 Å². The van der Waals surface area contributed by atoms with Crippen molar-refractivity contribution in [1.82, 2.24) is 25.2 Å². The molecule has 0 spiro atoms. The second kappa shape index (κ2) is 11.8. The molecule has 214 valence electrons. The van der Waals surface area contributed by atoms with Crippen molar-refractivity contribution in [2.45, 2.75) is 57.3 Å². The highest BCUT2D eigenvalue weighted by Gasteiger charge is 2.31. The Morgan fingerprint density at radius 2 is 1.95 bits per heavy atom. The number of benzene rings is 1. The van der Waals surface area contributed by atoms with Crippen LogP contribution in [0.2, 0.25) is 0 Å². The average Bonchev–Trinajstić information content (AvgIpc) is 3.40. The lowest BCUT2D eigenvalue weighted by molar-refractivity contribution is 0.0731. The maximum absolute atomic E-state index is 13.2. The number of aromatic nitrogens is 3. The van der Waals surface area contributed by atoms with E-state index in [2.05, 4.69) is 27.4 Å². The van der Waals surface area contributed by atoms with Crippen molar-refractivity contribution in [3.05, 3.63) is 65.6 Å². The molecule has 2 aliphatic heterocycles. The first-order chi connectivity index (χ1) is 20.0. The lowest BCUT2D eigenvalue weighted by atomic mass is 10.0. The second-order valence-corrected chi connectivity index (χ2v) is 10.9. The molecule has 3 aromatic rings. The highest BCUT2D eigenvalue weighted by Crippen LogP contribution is 2.32. The van der Waals surface area contributed by atoms with Crippen molar-refractivity contribution in [1.29, 1.82) is 0 Å². The van der Waals surface area contributed by atoms with Gasteiger partial charge in [0.25, 0.3) is 5.91 Å². The number of nitrogens with zero attached hydrogens (tertiary/aromatic N) is 5. The number of nitrogens with one attached hydrogen (secondary N) is 2. The van der Waals surface area contributed by atoms with Crippen LogP contribution in [0.25, 0.3) is 11.4 Å². The van der Waals surface area contributed by atoms with Gasteiger partial charge in [-0.05, 0) is 69.0 Å². The fourth-order valence-electron chi connectivity index (χ4n) is 5.81. The number of urea groups is 1. The van der Waals surface area contributed by atoms with Gasteiger partial charge in [-0.25, -0.2) is 14.8 Å². The van der Waals surface area contributed by atoms with Gasteiger partial charge in [0, 0.05) is 42.3 Å². The van der Waals surface area contributed by atoms with Crippen LogP contribution in [0.3, 0.4) is 0 Å². The number of anilines is 2. The predicted molar refractivity (Wildman–Crippen MR) is 154 cm³/mol. The van der Waals surface area contributed by atoms with E-state index in [1.54, 1.807) is 24.5 Å². The van der Waals surface area contributed by atoms with Gasteiger partial charge in [0.2, 0.25) is 0 Å². The molecular formula is C30H35N7O4. The molecule has 2 aromatic heterocycles. The van der Waals surface area contributed by atoms with Gasteiger partial charge in [-0.3, -0.25) is 9.78 Å². The molecule has 0 bridgehead atoms. The van der Waals surface area contributed by atoms with E-state index >= 15 is 0 Å². The predicted octanol–water partition coefficient (Wildman–Crippen LogP) is 3.00. The molecule has 1 saturated heterocycles. The molecule has 6 rings (SSSR count). The minimum Gasteiger partial charge on any atom is -0.391 e. The van der Waals surface area contributed by atoms with Crippen molar-refractivity contribution in [3.8, 4) is 11.4 Å². The summed E-state index contributed by atoms with van der Waals surface area (Å²) in [6.07, 6.45) is 5.81. The number of amides is 3. The van der Waals surface area contributed by atoms with E-state index in [1.165, 1.54) is 0 Å². The van der Waals surface area contributed by atoms with Crippen LogP contribution >= 0.6 is 0 Å². The Bertz CT molecular complexity index is 1400. The molecule has 1 aromatic carbocycles. The number of pyridine rings is 1. The molecule has 3 unspecified atom stereocenters. The van der Waals surface area contributed by atoms with Crippen molar-refractivity contribution in [2.24, 2.45) is 0 Å². The van der Waals surface area contributed by atoms with Crippen LogP contribution in [-0.4, -0.2) is 81.4 Å². The van der Waals surface area contributed by atoms with Crippen LogP contribution in [0.15, 0.2) is 48.8 Å². The number of hydrogen-bond donors (Lipinski definition) is 3. The molecule has 3 N–H and O–H groups in total. The summed E-state index contributed by atoms with van der Waals surface area (Å²) in [6.45, 7) is 5.08. The van der Waals surface area contributed by atoms with Gasteiger partial charge in [0.1, 0.15) is 5.82 Å². The Morgan fingerprint density at radius 1 is 1.10 bits per heavy atom. The van der Waals surface area contributed by atoms with E-state index in [-0.39, 0.29) is 24.0 Å². The fourth-order valence-corrected chi connectivity index (χ4v) is 5.81. The summed E-state index contributed by atoms with van der Waals surface area (Å²) in [5.74, 6) is 1.40. The molecule has 11 heteroatoms. The fraction of sp³-hybridized carbons (Fsp3) is 0.433. The quantitative estimate of drug-likeness (QED) is 0.436. The number of carbonyl (C=O) groups excluding carboxylic acids is 2. The van der Waals surface area contributed by atoms with E-state index in [0.717, 1.165) is 42.0 Å². The molecule has 3 amide bonds. The lowest BCUT2D eigenvalue weighted by Gasteiger charge is -2.37. The summed E-state index contributed by atoms with van der Waals surface area (Å²) in [4.78, 5) is 43.9. The summed E-state index contributed by atoms with van der Waals surface area (Å²) in [7, 11) is 0. The number of hydrogen-bond acceptors (Lipinski definition) is 8. The molecule has 4 heterocycles. The van der Waals surface area contributed by atoms with Gasteiger partial charge in [-0.2, -0.15) is 0 Å². The van der Waals surface area contributed by atoms with Crippen molar-refractivity contribution in [2.75, 3.05) is 36.5 Å². The monoisotopic (exact) mass is 557 g/mol. The van der Waals surface area contributed by atoms with Crippen molar-refractivity contribution < 1.29 is 19.4 Å². The lowest BCUT2D eigenvalue weighted by Crippen LogP contribution is -2.45. The van der Waals surface area contributed by atoms with Crippen LogP contribution in [0, 0.1) is 0 Å². The average molecular weight is 558 g/mol. The first kappa shape index (κ1) is 27.1. The van der Waals surface area contributed by atoms with Crippen molar-refractivity contribution in [3.63, 3.8) is 0 Å². The molecule has 11 nitrogen and oxygen atoms in total. The number of aliphatic hydroxyl groups is 1. The Hall–Kier alpha value is -4.09. The first-order valence-electron chi connectivity index (χ1n) is 14.3. The van der Waals surface area contributed by atoms with E-state index in [4.69, 9.17) is 14.7 Å². The van der Waals surface area contributed by atoms with Gasteiger partial charge in [0.05, 0.1) is 49.2 Å². The van der Waals surface area contributed by atoms with Crippen LogP contribution in [0.4, 0.5) is 16.3 Å². The van der Waals surface area contributed by atoms with Crippen LogP contribution < -0.4 is 15.5 Å². The van der Waals surface area contributed by atoms with Gasteiger partial charge in [-0.15, -0.1) is 0 Å². The molecule has 0 radical (unpaired) electrons. The third-order valence-electron chi connectivity index (χ3n) is 8.08. The smallest absolute Gasteiger partial charge is 0.319 e. The molecule has 1 saturated carbocycles. The molecule has 3 aliphatic rings. The Labute approximate surface area is 239 Å². The standard InChI is InChI=1S/C30H35N7O4/c1-19-18-41-15-14-37(19)28-23-11-13-36(29(39)21-4-3-12-31-16-21)17-25(23)33-27(35-28)20-7-9-22(10-8-20)32-30(40)34-24-5-2-6-26(24)38/h3-4,7-10,12,16,19,24,26,38H,2,5-6,11,13-15,17-18H2,1H3,(H2,32,34,40). The number of morpholine rings is 1. The maximum atomic E-state index is 13.2. The molecule has 41 heavy (non-hydrogen) atoms. The van der Waals surface area contributed by atoms with Crippen LogP contribution in [-0.2, 0) is 17.7 Å². The summed E-state index contributed by atoms with van der Waals surface area (Å²) in [6, 6.07) is 10.6. The largest absolute Gasteiger partial charge is 0.391 e. The Kier molecular flexibility index (Phi) is 7.80. The van der Waals surface area contributed by atoms with Crippen LogP contribution in [0.1, 0.15) is 47.8 Å². The van der Waals surface area contributed by atoms with E-state index in [9.17, 15) is 14.7 Å². The number of carbonyl (C=O) groups is 2. The second-order valence-electron chi connectivity index (χ2n) is 10.9. The molecule has 3 atom stereocenters. The normalized spacial score (nSPS) is 22.2. The summed E-state index contributed by atoms with van der Waals surface area (Å²) >= 11 is 0. The highest BCUT2D eigenvalue weighted by atomic mass is 16.5. The summed E-state index contributed by atoms with van der Waals surface area (Å²) in [5, 5.41) is 15.7. The van der Waals surface area contributed by atoms with Gasteiger partial charge < -0.3 is 30.3 Å². The third-order valence-corrected chi connectivity index (χ3v) is 8.08. The Balaban J connectivity index is 1.26. The number of ether oxygens (including phenoxy) is 1. The third kappa shape index (κ3) is 5.86. The van der Waals surface area contributed by atoms with Crippen molar-refractivity contribution >= 4 is 23.4 Å². The Morgan fingerprint density at radius 3 is 2.68 bits per heavy atom. The number of aliphatic hydroxyl groups excluding tert-OH is 1. The summed E-state index contributed by atoms with van der Waals surface area (Å²) < 4.78 is 5.68. The zero-order chi connectivity index (χ0) is 28.3. The number of fused-ring (bicyclic) bond motifs is 1. The first-order valence-corrected chi connectivity index (χ1v) is 14.3. The van der Waals surface area contributed by atoms with Crippen LogP contribution in [0.5, 0.6) is 0 Å². The van der Waals surface area contributed by atoms with E-state index in [1.807, 2.05) is 29.2 Å². The molecule has 1 aliphatic carbocycles. The topological polar surface area (TPSA) is 133 Å². The number of rotatable bonds is 5. The maximum Gasteiger partial charge on any atom is 0.319 e. The highest BCUT2D eigenvalue weighted by molar-refractivity contribution is 5.94. The molecule has 2 fully saturated rings. The minimum absolute atomic E-state index is 0.0657. The van der Waals surface area contributed by atoms with Gasteiger partial charge in [0.15, 0.2) is 5.82 Å². The molecular weight excluding hydrogens is 522 g/mol. The zero-order valence-electron chi connectivity index (χ0n) is 23.1. The zero-order valence-corrected chi connectivity index (χ0v) is 23.1. The SMILES string of the molecule is CC1COCCN1c1nc(-c2ccc(NC(=O)NC3CCCC3O)cc2)nc2c1CCN(C(=O)c1cccnc1)C2. The van der Waals surface area contributed by atoms with E-state index < -0.39 is 6.10 Å². The van der Waals surface area contributed by atoms with Gasteiger partial charge >= 0.3 is 6.03 Å². The minimum atomic E-state index is -0.497. The van der Waals surface area contributed by atoms with E-state index in [0.29, 0.717) is 56.2 Å². The summed E-state index contributed by atoms with van der Waals surface area (Å²) in [5.41, 5.74) is 3.90.